The highest BCUT2D eigenvalue weighted by Gasteiger charge is 2.06. The number of nitrogens with zero attached hydrogens (tertiary/aromatic N) is 1. The zero-order valence-corrected chi connectivity index (χ0v) is 14.5. The molecule has 124 valence electrons. The van der Waals surface area contributed by atoms with E-state index in [0.29, 0.717) is 5.92 Å². The minimum absolute atomic E-state index is 0.195. The van der Waals surface area contributed by atoms with Crippen molar-refractivity contribution in [2.75, 3.05) is 20.1 Å². The largest absolute Gasteiger partial charge is 0.356 e. The first-order valence-electron chi connectivity index (χ1n) is 7.88. The van der Waals surface area contributed by atoms with Gasteiger partial charge in [0.05, 0.1) is 0 Å². The lowest BCUT2D eigenvalue weighted by Crippen LogP contribution is -2.40. The van der Waals surface area contributed by atoms with Crippen LogP contribution >= 0.6 is 11.3 Å². The smallest absolute Gasteiger partial charge is 0.190 e. The molecule has 2 aromatic rings. The normalized spacial score (nSPS) is 12.9. The van der Waals surface area contributed by atoms with Gasteiger partial charge in [-0.1, -0.05) is 25.1 Å². The lowest BCUT2D eigenvalue weighted by molar-refractivity contribution is 0.562. The molecule has 0 amide bonds. The predicted octanol–water partition coefficient (Wildman–Crippen LogP) is 3.47. The van der Waals surface area contributed by atoms with Crippen molar-refractivity contribution in [3.63, 3.8) is 0 Å². The van der Waals surface area contributed by atoms with Crippen LogP contribution in [0.1, 0.15) is 17.4 Å². The molecule has 3 nitrogen and oxygen atoms in total. The summed E-state index contributed by atoms with van der Waals surface area (Å²) in [4.78, 5) is 5.65. The zero-order valence-electron chi connectivity index (χ0n) is 13.7. The van der Waals surface area contributed by atoms with Gasteiger partial charge in [0.2, 0.25) is 0 Å². The van der Waals surface area contributed by atoms with Crippen LogP contribution in [0, 0.1) is 11.7 Å². The Hall–Kier alpha value is -1.88. The van der Waals surface area contributed by atoms with Gasteiger partial charge in [0.25, 0.3) is 0 Å². The monoisotopic (exact) mass is 333 g/mol. The van der Waals surface area contributed by atoms with E-state index in [2.05, 4.69) is 40.1 Å². The summed E-state index contributed by atoms with van der Waals surface area (Å²) in [5.41, 5.74) is 1.11. The molecule has 23 heavy (non-hydrogen) atoms. The number of hydrogen-bond acceptors (Lipinski definition) is 2. The number of halogens is 1. The molecule has 2 N–H and O–H groups in total. The highest BCUT2D eigenvalue weighted by molar-refractivity contribution is 7.09. The second-order valence-electron chi connectivity index (χ2n) is 5.65. The molecule has 1 heterocycles. The molecule has 0 aliphatic carbocycles. The number of benzene rings is 1. The van der Waals surface area contributed by atoms with Crippen molar-refractivity contribution in [2.24, 2.45) is 10.9 Å². The van der Waals surface area contributed by atoms with E-state index in [1.54, 1.807) is 18.4 Å². The summed E-state index contributed by atoms with van der Waals surface area (Å²) in [5, 5.41) is 8.77. The molecule has 1 aromatic heterocycles. The van der Waals surface area contributed by atoms with Crippen LogP contribution in [-0.4, -0.2) is 26.1 Å². The SMILES string of the molecule is CN=C(NCCc1ccc(F)cc1)NCC(C)Cc1cccs1. The van der Waals surface area contributed by atoms with Crippen molar-refractivity contribution < 1.29 is 4.39 Å². The fraction of sp³-hybridized carbons (Fsp3) is 0.389. The Morgan fingerprint density at radius 3 is 2.65 bits per heavy atom. The van der Waals surface area contributed by atoms with Crippen molar-refractivity contribution in [3.05, 3.63) is 58.0 Å². The van der Waals surface area contributed by atoms with Crippen LogP contribution < -0.4 is 10.6 Å². The van der Waals surface area contributed by atoms with E-state index in [1.807, 2.05) is 12.1 Å². The summed E-state index contributed by atoms with van der Waals surface area (Å²) in [6.45, 7) is 3.89. The van der Waals surface area contributed by atoms with Gasteiger partial charge in [-0.15, -0.1) is 11.3 Å². The first-order chi connectivity index (χ1) is 11.2. The summed E-state index contributed by atoms with van der Waals surface area (Å²) in [6, 6.07) is 10.9. The Morgan fingerprint density at radius 1 is 1.22 bits per heavy atom. The van der Waals surface area contributed by atoms with Gasteiger partial charge in [-0.2, -0.15) is 0 Å². The minimum Gasteiger partial charge on any atom is -0.356 e. The van der Waals surface area contributed by atoms with Gasteiger partial charge >= 0.3 is 0 Å². The molecule has 5 heteroatoms. The molecule has 2 rings (SSSR count). The molecule has 0 aliphatic heterocycles. The molecular weight excluding hydrogens is 309 g/mol. The molecule has 1 atom stereocenters. The lowest BCUT2D eigenvalue weighted by atomic mass is 10.1. The van der Waals surface area contributed by atoms with E-state index in [4.69, 9.17) is 0 Å². The van der Waals surface area contributed by atoms with Crippen molar-refractivity contribution in [2.45, 2.75) is 19.8 Å². The van der Waals surface area contributed by atoms with Gasteiger partial charge in [0.1, 0.15) is 5.82 Å². The molecule has 1 aromatic carbocycles. The Balaban J connectivity index is 1.67. The van der Waals surface area contributed by atoms with E-state index in [1.165, 1.54) is 17.0 Å². The van der Waals surface area contributed by atoms with Gasteiger partial charge in [0, 0.05) is 25.0 Å². The van der Waals surface area contributed by atoms with Crippen LogP contribution in [0.5, 0.6) is 0 Å². The highest BCUT2D eigenvalue weighted by Crippen LogP contribution is 2.13. The molecular formula is C18H24FN3S. The average Bonchev–Trinajstić information content (AvgIpc) is 3.05. The van der Waals surface area contributed by atoms with Crippen LogP contribution in [0.15, 0.2) is 46.8 Å². The van der Waals surface area contributed by atoms with E-state index in [-0.39, 0.29) is 5.82 Å². The van der Waals surface area contributed by atoms with E-state index in [9.17, 15) is 4.39 Å². The molecule has 0 aliphatic rings. The Labute approximate surface area is 141 Å². The van der Waals surface area contributed by atoms with Crippen molar-refractivity contribution >= 4 is 17.3 Å². The molecule has 0 spiro atoms. The number of aliphatic imine (C=N–C) groups is 1. The summed E-state index contributed by atoms with van der Waals surface area (Å²) < 4.78 is 12.9. The minimum atomic E-state index is -0.195. The van der Waals surface area contributed by atoms with Crippen LogP contribution in [-0.2, 0) is 12.8 Å². The molecule has 0 saturated heterocycles. The van der Waals surface area contributed by atoms with Crippen LogP contribution in [0.2, 0.25) is 0 Å². The second kappa shape index (κ2) is 9.30. The Kier molecular flexibility index (Phi) is 7.07. The molecule has 0 fully saturated rings. The lowest BCUT2D eigenvalue weighted by Gasteiger charge is -2.15. The fourth-order valence-electron chi connectivity index (χ4n) is 2.31. The quantitative estimate of drug-likeness (QED) is 0.601. The van der Waals surface area contributed by atoms with Gasteiger partial charge < -0.3 is 10.6 Å². The maximum absolute atomic E-state index is 12.9. The third-order valence-electron chi connectivity index (χ3n) is 3.59. The molecule has 1 unspecified atom stereocenters. The molecule has 0 saturated carbocycles. The number of hydrogen-bond donors (Lipinski definition) is 2. The fourth-order valence-corrected chi connectivity index (χ4v) is 3.18. The third kappa shape index (κ3) is 6.40. The van der Waals surface area contributed by atoms with Gasteiger partial charge in [-0.3, -0.25) is 4.99 Å². The summed E-state index contributed by atoms with van der Waals surface area (Å²) in [7, 11) is 1.77. The maximum atomic E-state index is 12.9. The number of rotatable bonds is 7. The Morgan fingerprint density at radius 2 is 2.00 bits per heavy atom. The summed E-state index contributed by atoms with van der Waals surface area (Å²) in [6.07, 6.45) is 1.92. The van der Waals surface area contributed by atoms with Gasteiger partial charge in [0.15, 0.2) is 5.96 Å². The third-order valence-corrected chi connectivity index (χ3v) is 4.49. The highest BCUT2D eigenvalue weighted by atomic mass is 32.1. The first-order valence-corrected chi connectivity index (χ1v) is 8.76. The second-order valence-corrected chi connectivity index (χ2v) is 6.68. The topological polar surface area (TPSA) is 36.4 Å². The number of guanidine groups is 1. The number of thiophene rings is 1. The van der Waals surface area contributed by atoms with Crippen LogP contribution in [0.4, 0.5) is 4.39 Å². The summed E-state index contributed by atoms with van der Waals surface area (Å²) >= 11 is 1.80. The van der Waals surface area contributed by atoms with Crippen molar-refractivity contribution in [3.8, 4) is 0 Å². The van der Waals surface area contributed by atoms with Crippen LogP contribution in [0.25, 0.3) is 0 Å². The maximum Gasteiger partial charge on any atom is 0.190 e. The predicted molar refractivity (Wildman–Crippen MR) is 96.7 cm³/mol. The number of nitrogens with one attached hydrogen (secondary N) is 2. The van der Waals surface area contributed by atoms with Crippen LogP contribution in [0.3, 0.4) is 0 Å². The van der Waals surface area contributed by atoms with Crippen molar-refractivity contribution in [1.82, 2.24) is 10.6 Å². The standard InChI is InChI=1S/C18H24FN3S/c1-14(12-17-4-3-11-23-17)13-22-18(20-2)21-10-9-15-5-7-16(19)8-6-15/h3-8,11,14H,9-10,12-13H2,1-2H3,(H2,20,21,22). The summed E-state index contributed by atoms with van der Waals surface area (Å²) in [5.74, 6) is 1.16. The zero-order chi connectivity index (χ0) is 16.5. The van der Waals surface area contributed by atoms with E-state index < -0.39 is 0 Å². The van der Waals surface area contributed by atoms with E-state index >= 15 is 0 Å². The van der Waals surface area contributed by atoms with Gasteiger partial charge in [-0.05, 0) is 47.9 Å². The first kappa shape index (κ1) is 17.5. The average molecular weight is 333 g/mol. The van der Waals surface area contributed by atoms with E-state index in [0.717, 1.165) is 37.5 Å². The van der Waals surface area contributed by atoms with Crippen molar-refractivity contribution in [1.29, 1.82) is 0 Å². The molecule has 0 radical (unpaired) electrons. The van der Waals surface area contributed by atoms with Gasteiger partial charge in [-0.25, -0.2) is 4.39 Å². The molecule has 0 bridgehead atoms. The Bertz CT molecular complexity index is 593.